The smallest absolute Gasteiger partial charge is 0.323 e. The molecule has 2 rings (SSSR count). The Hall–Kier alpha value is -2.27. The number of phenolic OH excluding ortho intramolecular Hbond substituents is 1. The second kappa shape index (κ2) is 5.58. The maximum Gasteiger partial charge on any atom is 0.323 e. The predicted octanol–water partition coefficient (Wildman–Crippen LogP) is 3.83. The zero-order valence-electron chi connectivity index (χ0n) is 9.65. The summed E-state index contributed by atoms with van der Waals surface area (Å²) in [5.74, 6) is -1.28. The number of urea groups is 1. The van der Waals surface area contributed by atoms with Crippen LogP contribution in [0.4, 0.5) is 20.6 Å². The molecule has 0 spiro atoms. The van der Waals surface area contributed by atoms with Crippen molar-refractivity contribution in [2.75, 3.05) is 10.6 Å². The molecule has 0 atom stereocenters. The number of phenols is 1. The van der Waals surface area contributed by atoms with E-state index in [-0.39, 0.29) is 5.69 Å². The fourth-order valence-electron chi connectivity index (χ4n) is 1.44. The SMILES string of the molecule is O=C(Nc1cccc(Cl)c1)Nc1ccc(O)c(F)c1. The van der Waals surface area contributed by atoms with Crippen LogP contribution in [0.15, 0.2) is 42.5 Å². The first-order valence-corrected chi connectivity index (χ1v) is 5.74. The number of carbonyl (C=O) groups is 1. The molecule has 0 unspecified atom stereocenters. The minimum atomic E-state index is -0.805. The Morgan fingerprint density at radius 2 is 1.79 bits per heavy atom. The van der Waals surface area contributed by atoms with Crippen molar-refractivity contribution in [1.29, 1.82) is 0 Å². The van der Waals surface area contributed by atoms with E-state index >= 15 is 0 Å². The maximum absolute atomic E-state index is 13.1. The number of nitrogens with one attached hydrogen (secondary N) is 2. The molecule has 4 nitrogen and oxygen atoms in total. The lowest BCUT2D eigenvalue weighted by Gasteiger charge is -2.08. The molecule has 3 N–H and O–H groups in total. The molecule has 98 valence electrons. The van der Waals surface area contributed by atoms with Crippen molar-refractivity contribution in [1.82, 2.24) is 0 Å². The fourth-order valence-corrected chi connectivity index (χ4v) is 1.63. The van der Waals surface area contributed by atoms with Crippen LogP contribution in [0.25, 0.3) is 0 Å². The Kier molecular flexibility index (Phi) is 3.87. The molecule has 0 aliphatic heterocycles. The van der Waals surface area contributed by atoms with Gasteiger partial charge in [0.05, 0.1) is 0 Å². The highest BCUT2D eigenvalue weighted by atomic mass is 35.5. The van der Waals surface area contributed by atoms with Gasteiger partial charge in [0, 0.05) is 22.5 Å². The van der Waals surface area contributed by atoms with Crippen LogP contribution >= 0.6 is 11.6 Å². The number of halogens is 2. The lowest BCUT2D eigenvalue weighted by molar-refractivity contribution is 0.262. The third-order valence-electron chi connectivity index (χ3n) is 2.29. The minimum Gasteiger partial charge on any atom is -0.505 e. The van der Waals surface area contributed by atoms with Crippen LogP contribution in [0, 0.1) is 5.82 Å². The van der Waals surface area contributed by atoms with Gasteiger partial charge in [-0.05, 0) is 30.3 Å². The normalized spacial score (nSPS) is 10.0. The zero-order chi connectivity index (χ0) is 13.8. The predicted molar refractivity (Wildman–Crippen MR) is 72.2 cm³/mol. The molecule has 2 aromatic rings. The molecule has 0 heterocycles. The highest BCUT2D eigenvalue weighted by Gasteiger charge is 2.06. The van der Waals surface area contributed by atoms with Crippen molar-refractivity contribution in [3.05, 3.63) is 53.3 Å². The Morgan fingerprint density at radius 3 is 2.42 bits per heavy atom. The molecule has 0 saturated heterocycles. The Morgan fingerprint density at radius 1 is 1.11 bits per heavy atom. The summed E-state index contributed by atoms with van der Waals surface area (Å²) in [5, 5.41) is 14.5. The summed E-state index contributed by atoms with van der Waals surface area (Å²) in [7, 11) is 0. The highest BCUT2D eigenvalue weighted by Crippen LogP contribution is 2.20. The fraction of sp³-hybridized carbons (Fsp3) is 0. The number of rotatable bonds is 2. The molecule has 2 aromatic carbocycles. The van der Waals surface area contributed by atoms with Gasteiger partial charge in [-0.1, -0.05) is 17.7 Å². The van der Waals surface area contributed by atoms with Crippen LogP contribution in [0.1, 0.15) is 0 Å². The molecular weight excluding hydrogens is 271 g/mol. The largest absolute Gasteiger partial charge is 0.505 e. The summed E-state index contributed by atoms with van der Waals surface area (Å²) in [4.78, 5) is 11.6. The van der Waals surface area contributed by atoms with Crippen molar-refractivity contribution >= 4 is 29.0 Å². The number of anilines is 2. The molecular formula is C13H10ClFN2O2. The Bertz CT molecular complexity index is 619. The van der Waals surface area contributed by atoms with E-state index in [1.54, 1.807) is 24.3 Å². The van der Waals surface area contributed by atoms with Gasteiger partial charge < -0.3 is 15.7 Å². The molecule has 0 fully saturated rings. The zero-order valence-corrected chi connectivity index (χ0v) is 10.4. The molecule has 19 heavy (non-hydrogen) atoms. The summed E-state index contributed by atoms with van der Waals surface area (Å²) in [6.07, 6.45) is 0. The quantitative estimate of drug-likeness (QED) is 0.732. The van der Waals surface area contributed by atoms with E-state index in [1.165, 1.54) is 6.07 Å². The van der Waals surface area contributed by atoms with Crippen LogP contribution in [0.5, 0.6) is 5.75 Å². The summed E-state index contributed by atoms with van der Waals surface area (Å²) < 4.78 is 13.1. The van der Waals surface area contributed by atoms with Gasteiger partial charge in [0.2, 0.25) is 0 Å². The standard InChI is InChI=1S/C13H10ClFN2O2/c14-8-2-1-3-9(6-8)16-13(19)17-10-4-5-12(18)11(15)7-10/h1-7,18H,(H2,16,17,19). The van der Waals surface area contributed by atoms with Crippen molar-refractivity contribution in [3.63, 3.8) is 0 Å². The summed E-state index contributed by atoms with van der Waals surface area (Å²) >= 11 is 5.78. The van der Waals surface area contributed by atoms with Gasteiger partial charge in [-0.25, -0.2) is 9.18 Å². The van der Waals surface area contributed by atoms with Crippen LogP contribution in [0.3, 0.4) is 0 Å². The molecule has 0 radical (unpaired) electrons. The third-order valence-corrected chi connectivity index (χ3v) is 2.52. The number of benzene rings is 2. The first-order valence-electron chi connectivity index (χ1n) is 5.37. The number of aromatic hydroxyl groups is 1. The number of hydrogen-bond donors (Lipinski definition) is 3. The lowest BCUT2D eigenvalue weighted by Crippen LogP contribution is -2.19. The number of carbonyl (C=O) groups excluding carboxylic acids is 1. The number of hydrogen-bond acceptors (Lipinski definition) is 2. The van der Waals surface area contributed by atoms with E-state index < -0.39 is 17.6 Å². The summed E-state index contributed by atoms with van der Waals surface area (Å²) in [5.41, 5.74) is 0.749. The molecule has 6 heteroatoms. The highest BCUT2D eigenvalue weighted by molar-refractivity contribution is 6.30. The van der Waals surface area contributed by atoms with Gasteiger partial charge in [0.15, 0.2) is 11.6 Å². The average Bonchev–Trinajstić information content (AvgIpc) is 2.34. The first kappa shape index (κ1) is 13.2. The topological polar surface area (TPSA) is 61.4 Å². The average molecular weight is 281 g/mol. The van der Waals surface area contributed by atoms with Gasteiger partial charge in [0.25, 0.3) is 0 Å². The lowest BCUT2D eigenvalue weighted by atomic mass is 10.3. The summed E-state index contributed by atoms with van der Waals surface area (Å²) in [6, 6.07) is 9.65. The van der Waals surface area contributed by atoms with Crippen LogP contribution in [0.2, 0.25) is 5.02 Å². The van der Waals surface area contributed by atoms with E-state index in [0.717, 1.165) is 12.1 Å². The van der Waals surface area contributed by atoms with E-state index in [4.69, 9.17) is 16.7 Å². The maximum atomic E-state index is 13.1. The number of amides is 2. The molecule has 0 aliphatic rings. The van der Waals surface area contributed by atoms with Gasteiger partial charge in [0.1, 0.15) is 0 Å². The first-order chi connectivity index (χ1) is 9.04. The summed E-state index contributed by atoms with van der Waals surface area (Å²) in [6.45, 7) is 0. The van der Waals surface area contributed by atoms with E-state index in [0.29, 0.717) is 10.7 Å². The van der Waals surface area contributed by atoms with Crippen LogP contribution in [-0.2, 0) is 0 Å². The van der Waals surface area contributed by atoms with Gasteiger partial charge in [-0.2, -0.15) is 0 Å². The van der Waals surface area contributed by atoms with Gasteiger partial charge in [-0.3, -0.25) is 0 Å². The van der Waals surface area contributed by atoms with Crippen molar-refractivity contribution in [2.45, 2.75) is 0 Å². The van der Waals surface area contributed by atoms with E-state index in [9.17, 15) is 9.18 Å². The van der Waals surface area contributed by atoms with Crippen LogP contribution < -0.4 is 10.6 Å². The van der Waals surface area contributed by atoms with Crippen molar-refractivity contribution < 1.29 is 14.3 Å². The second-order valence-corrected chi connectivity index (χ2v) is 4.19. The van der Waals surface area contributed by atoms with Gasteiger partial charge in [-0.15, -0.1) is 0 Å². The molecule has 0 bridgehead atoms. The Balaban J connectivity index is 2.03. The second-order valence-electron chi connectivity index (χ2n) is 3.76. The van der Waals surface area contributed by atoms with Crippen molar-refractivity contribution in [3.8, 4) is 5.75 Å². The molecule has 2 amide bonds. The van der Waals surface area contributed by atoms with Gasteiger partial charge >= 0.3 is 6.03 Å². The molecule has 0 aromatic heterocycles. The van der Waals surface area contributed by atoms with Crippen LogP contribution in [-0.4, -0.2) is 11.1 Å². The van der Waals surface area contributed by atoms with Crippen molar-refractivity contribution in [2.24, 2.45) is 0 Å². The third kappa shape index (κ3) is 3.59. The minimum absolute atomic E-state index is 0.231. The van der Waals surface area contributed by atoms with E-state index in [2.05, 4.69) is 10.6 Å². The van der Waals surface area contributed by atoms with E-state index in [1.807, 2.05) is 0 Å². The Labute approximate surface area is 113 Å². The molecule has 0 saturated carbocycles. The monoisotopic (exact) mass is 280 g/mol. The molecule has 0 aliphatic carbocycles.